The van der Waals surface area contributed by atoms with Crippen molar-refractivity contribution >= 4 is 13.5 Å². The largest absolute Gasteiger partial charge is 0.487 e. The Labute approximate surface area is 237 Å². The number of halogens is 3. The number of nitrogens with one attached hydrogen (secondary N) is 1. The van der Waals surface area contributed by atoms with Crippen molar-refractivity contribution in [1.82, 2.24) is 10.3 Å². The maximum Gasteiger partial charge on any atom is 0.422 e. The summed E-state index contributed by atoms with van der Waals surface area (Å²) in [5.74, 6) is 1.63. The minimum absolute atomic E-state index is 0.0191. The van der Waals surface area contributed by atoms with Gasteiger partial charge in [0.2, 0.25) is 0 Å². The second-order valence-corrected chi connectivity index (χ2v) is 10.6. The van der Waals surface area contributed by atoms with Gasteiger partial charge in [0.15, 0.2) is 6.61 Å². The zero-order valence-electron chi connectivity index (χ0n) is 22.7. The zero-order valence-corrected chi connectivity index (χ0v) is 23.6. The lowest BCUT2D eigenvalue weighted by Gasteiger charge is -2.18. The highest BCUT2D eigenvalue weighted by Crippen LogP contribution is 2.49. The maximum absolute atomic E-state index is 12.9. The van der Waals surface area contributed by atoms with Gasteiger partial charge in [-0.2, -0.15) is 13.2 Å². The number of benzene rings is 2. The van der Waals surface area contributed by atoms with Crippen LogP contribution in [-0.4, -0.2) is 42.9 Å². The molecule has 1 N–H and O–H groups in total. The lowest BCUT2D eigenvalue weighted by molar-refractivity contribution is -0.153. The van der Waals surface area contributed by atoms with E-state index in [1.54, 1.807) is 56.3 Å². The van der Waals surface area contributed by atoms with E-state index in [9.17, 15) is 22.5 Å². The first-order valence-electron chi connectivity index (χ1n) is 12.9. The molecule has 3 rings (SSSR count). The number of rotatable bonds is 15. The van der Waals surface area contributed by atoms with Crippen LogP contribution in [0.2, 0.25) is 0 Å². The van der Waals surface area contributed by atoms with Gasteiger partial charge in [-0.1, -0.05) is 36.4 Å². The van der Waals surface area contributed by atoms with E-state index >= 15 is 0 Å². The standard InChI is InChI=1S/C29H32F3N2O6P/c1-3-39-41(36,40-4-2)17-15-24(34-28(35)23-8-6-5-7-9-23)18-22-10-12-26(13-11-22)37-20-25-19-27(14-16-33-25)38-21-29(30,31)32/h5-17,19,24H,3-4,18,20-21H2,1-2H3,(H,34,35)/b17-15+/t24-/m0/s1. The molecule has 2 aromatic carbocycles. The van der Waals surface area contributed by atoms with E-state index in [1.807, 2.05) is 18.2 Å². The van der Waals surface area contributed by atoms with Crippen LogP contribution in [0, 0.1) is 0 Å². The van der Waals surface area contributed by atoms with Crippen molar-refractivity contribution in [3.8, 4) is 11.5 Å². The Morgan fingerprint density at radius 3 is 2.29 bits per heavy atom. The zero-order chi connectivity index (χ0) is 29.7. The molecule has 1 amide bonds. The summed E-state index contributed by atoms with van der Waals surface area (Å²) in [6.07, 6.45) is -1.11. The molecule has 0 fully saturated rings. The second-order valence-electron chi connectivity index (χ2n) is 8.69. The molecule has 0 bridgehead atoms. The summed E-state index contributed by atoms with van der Waals surface area (Å²) < 4.78 is 71.3. The molecule has 0 unspecified atom stereocenters. The van der Waals surface area contributed by atoms with Crippen molar-refractivity contribution in [2.75, 3.05) is 19.8 Å². The van der Waals surface area contributed by atoms with Crippen molar-refractivity contribution in [2.24, 2.45) is 0 Å². The van der Waals surface area contributed by atoms with Gasteiger partial charge in [0.25, 0.3) is 5.91 Å². The number of ether oxygens (including phenoxy) is 2. The van der Waals surface area contributed by atoms with Crippen molar-refractivity contribution in [3.05, 3.63) is 102 Å². The van der Waals surface area contributed by atoms with Gasteiger partial charge >= 0.3 is 13.8 Å². The summed E-state index contributed by atoms with van der Waals surface area (Å²) in [4.78, 5) is 16.9. The van der Waals surface area contributed by atoms with Crippen LogP contribution in [-0.2, 0) is 26.6 Å². The van der Waals surface area contributed by atoms with Crippen LogP contribution in [0.15, 0.2) is 84.8 Å². The van der Waals surface area contributed by atoms with Gasteiger partial charge in [-0.3, -0.25) is 14.3 Å². The summed E-state index contributed by atoms with van der Waals surface area (Å²) >= 11 is 0. The number of hydrogen-bond acceptors (Lipinski definition) is 7. The molecule has 1 aromatic heterocycles. The third-order valence-corrected chi connectivity index (χ3v) is 7.20. The van der Waals surface area contributed by atoms with E-state index in [4.69, 9.17) is 18.5 Å². The van der Waals surface area contributed by atoms with Gasteiger partial charge in [0.1, 0.15) is 18.1 Å². The highest BCUT2D eigenvalue weighted by Gasteiger charge is 2.28. The van der Waals surface area contributed by atoms with E-state index in [0.717, 1.165) is 5.56 Å². The molecule has 3 aromatic rings. The number of amides is 1. The highest BCUT2D eigenvalue weighted by molar-refractivity contribution is 7.57. The predicted octanol–water partition coefficient (Wildman–Crippen LogP) is 6.72. The monoisotopic (exact) mass is 592 g/mol. The average Bonchev–Trinajstić information content (AvgIpc) is 2.95. The van der Waals surface area contributed by atoms with Crippen molar-refractivity contribution in [3.63, 3.8) is 0 Å². The molecule has 1 heterocycles. The Morgan fingerprint density at radius 2 is 1.66 bits per heavy atom. The molecule has 8 nitrogen and oxygen atoms in total. The van der Waals surface area contributed by atoms with Crippen molar-refractivity contribution < 1.29 is 41.1 Å². The highest BCUT2D eigenvalue weighted by atomic mass is 31.2. The van der Waals surface area contributed by atoms with Crippen molar-refractivity contribution in [2.45, 2.75) is 39.1 Å². The van der Waals surface area contributed by atoms with E-state index in [0.29, 0.717) is 23.4 Å². The molecular weight excluding hydrogens is 560 g/mol. The molecule has 0 saturated carbocycles. The van der Waals surface area contributed by atoms with E-state index in [2.05, 4.69) is 10.3 Å². The number of hydrogen-bond donors (Lipinski definition) is 1. The molecule has 0 radical (unpaired) electrons. The van der Waals surface area contributed by atoms with Crippen LogP contribution < -0.4 is 14.8 Å². The van der Waals surface area contributed by atoms with Gasteiger partial charge in [0.05, 0.1) is 24.9 Å². The number of nitrogens with zero attached hydrogens (tertiary/aromatic N) is 1. The Balaban J connectivity index is 1.67. The van der Waals surface area contributed by atoms with Crippen LogP contribution in [0.3, 0.4) is 0 Å². The number of alkyl halides is 3. The number of carbonyl (C=O) groups excluding carboxylic acids is 1. The molecule has 41 heavy (non-hydrogen) atoms. The molecule has 0 aliphatic rings. The molecular formula is C29H32F3N2O6P. The normalized spacial score (nSPS) is 12.7. The van der Waals surface area contributed by atoms with E-state index in [1.165, 1.54) is 24.1 Å². The number of carbonyl (C=O) groups is 1. The first-order chi connectivity index (χ1) is 19.6. The molecule has 0 spiro atoms. The van der Waals surface area contributed by atoms with Crippen LogP contribution >= 0.6 is 7.60 Å². The fraction of sp³-hybridized carbons (Fsp3) is 0.310. The molecule has 0 aliphatic carbocycles. The van der Waals surface area contributed by atoms with Crippen LogP contribution in [0.4, 0.5) is 13.2 Å². The summed E-state index contributed by atoms with van der Waals surface area (Å²) in [6, 6.07) is 18.0. The second kappa shape index (κ2) is 15.4. The third kappa shape index (κ3) is 11.4. The SMILES string of the molecule is CCOP(=O)(/C=C/[C@@H](Cc1ccc(OCc2cc(OCC(F)(F)F)ccn2)cc1)NC(=O)c1ccccc1)OCC. The molecule has 220 valence electrons. The van der Waals surface area contributed by atoms with Gasteiger partial charge in [0, 0.05) is 23.6 Å². The fourth-order valence-corrected chi connectivity index (χ4v) is 5.01. The Bertz CT molecular complexity index is 1310. The first-order valence-corrected chi connectivity index (χ1v) is 14.5. The van der Waals surface area contributed by atoms with Gasteiger partial charge in [-0.25, -0.2) is 0 Å². The minimum atomic E-state index is -4.44. The van der Waals surface area contributed by atoms with Crippen LogP contribution in [0.1, 0.15) is 35.5 Å². The lowest BCUT2D eigenvalue weighted by Crippen LogP contribution is -2.35. The summed E-state index contributed by atoms with van der Waals surface area (Å²) in [7, 11) is -3.48. The Hall–Kier alpha value is -3.66. The van der Waals surface area contributed by atoms with Gasteiger partial charge < -0.3 is 23.8 Å². The molecule has 0 aliphatic heterocycles. The minimum Gasteiger partial charge on any atom is -0.487 e. The molecule has 1 atom stereocenters. The number of aromatic nitrogens is 1. The smallest absolute Gasteiger partial charge is 0.422 e. The number of pyridine rings is 1. The van der Waals surface area contributed by atoms with Crippen molar-refractivity contribution in [1.29, 1.82) is 0 Å². The fourth-order valence-electron chi connectivity index (χ4n) is 3.62. The van der Waals surface area contributed by atoms with Gasteiger partial charge in [-0.05, 0) is 56.2 Å². The van der Waals surface area contributed by atoms with Crippen LogP contribution in [0.5, 0.6) is 11.5 Å². The quantitative estimate of drug-likeness (QED) is 0.196. The lowest BCUT2D eigenvalue weighted by atomic mass is 10.1. The average molecular weight is 593 g/mol. The Kier molecular flexibility index (Phi) is 11.9. The first kappa shape index (κ1) is 31.9. The predicted molar refractivity (Wildman–Crippen MR) is 148 cm³/mol. The topological polar surface area (TPSA) is 96.0 Å². The van der Waals surface area contributed by atoms with Crippen LogP contribution in [0.25, 0.3) is 0 Å². The van der Waals surface area contributed by atoms with E-state index in [-0.39, 0.29) is 31.5 Å². The summed E-state index contributed by atoms with van der Waals surface area (Å²) in [5, 5.41) is 2.94. The maximum atomic E-state index is 12.9. The van der Waals surface area contributed by atoms with Gasteiger partial charge in [-0.15, -0.1) is 0 Å². The molecule has 12 heteroatoms. The van der Waals surface area contributed by atoms with E-state index < -0.39 is 26.4 Å². The summed E-state index contributed by atoms with van der Waals surface area (Å²) in [5.41, 5.74) is 1.73. The Morgan fingerprint density at radius 1 is 0.976 bits per heavy atom. The molecule has 0 saturated heterocycles. The third-order valence-electron chi connectivity index (χ3n) is 5.43. The summed E-state index contributed by atoms with van der Waals surface area (Å²) in [6.45, 7) is 2.45.